The van der Waals surface area contributed by atoms with E-state index in [-0.39, 0.29) is 5.91 Å². The van der Waals surface area contributed by atoms with E-state index in [4.69, 9.17) is 11.6 Å². The molecule has 1 amide bonds. The Balaban J connectivity index is 1.68. The van der Waals surface area contributed by atoms with Crippen LogP contribution < -0.4 is 5.32 Å². The Kier molecular flexibility index (Phi) is 3.75. The second kappa shape index (κ2) is 5.69. The standard InChI is InChI=1S/C15H15ClN4O/c1-17-15-18-8-12-13(19-15)9-20(14(12)21)7-6-10-2-4-11(16)5-3-10/h2-5,8H,6-7,9H2,1H3,(H,17,18,19). The molecule has 0 radical (unpaired) electrons. The molecule has 0 saturated heterocycles. The third-order valence-electron chi connectivity index (χ3n) is 3.53. The number of nitrogens with one attached hydrogen (secondary N) is 1. The van der Waals surface area contributed by atoms with Gasteiger partial charge in [-0.25, -0.2) is 9.97 Å². The quantitative estimate of drug-likeness (QED) is 0.942. The summed E-state index contributed by atoms with van der Waals surface area (Å²) >= 11 is 5.87. The average Bonchev–Trinajstić information content (AvgIpc) is 2.82. The maximum Gasteiger partial charge on any atom is 0.257 e. The Bertz CT molecular complexity index is 672. The first-order valence-corrected chi connectivity index (χ1v) is 7.12. The van der Waals surface area contributed by atoms with Crippen LogP contribution in [0, 0.1) is 0 Å². The molecule has 2 aromatic rings. The van der Waals surface area contributed by atoms with E-state index >= 15 is 0 Å². The maximum atomic E-state index is 12.3. The molecule has 0 spiro atoms. The van der Waals surface area contributed by atoms with Gasteiger partial charge in [0.2, 0.25) is 5.95 Å². The van der Waals surface area contributed by atoms with Crippen LogP contribution in [-0.4, -0.2) is 34.4 Å². The van der Waals surface area contributed by atoms with E-state index in [0.717, 1.165) is 22.7 Å². The lowest BCUT2D eigenvalue weighted by atomic mass is 10.1. The molecule has 108 valence electrons. The number of benzene rings is 1. The minimum absolute atomic E-state index is 0.00150. The van der Waals surface area contributed by atoms with Crippen LogP contribution in [0.3, 0.4) is 0 Å². The highest BCUT2D eigenvalue weighted by atomic mass is 35.5. The molecule has 0 atom stereocenters. The van der Waals surface area contributed by atoms with Crippen LogP contribution in [0.5, 0.6) is 0 Å². The van der Waals surface area contributed by atoms with Crippen LogP contribution in [0.25, 0.3) is 0 Å². The van der Waals surface area contributed by atoms with Gasteiger partial charge in [0.1, 0.15) is 0 Å². The molecule has 5 nitrogen and oxygen atoms in total. The SMILES string of the molecule is CNc1ncc2c(n1)CN(CCc1ccc(Cl)cc1)C2=O. The van der Waals surface area contributed by atoms with Gasteiger partial charge >= 0.3 is 0 Å². The fourth-order valence-corrected chi connectivity index (χ4v) is 2.48. The van der Waals surface area contributed by atoms with E-state index in [1.54, 1.807) is 18.1 Å². The van der Waals surface area contributed by atoms with Gasteiger partial charge in [0.15, 0.2) is 0 Å². The molecule has 0 aliphatic carbocycles. The fourth-order valence-electron chi connectivity index (χ4n) is 2.36. The van der Waals surface area contributed by atoms with Crippen LogP contribution >= 0.6 is 11.6 Å². The average molecular weight is 303 g/mol. The number of hydrogen-bond acceptors (Lipinski definition) is 4. The second-order valence-corrected chi connectivity index (χ2v) is 5.34. The molecule has 0 bridgehead atoms. The van der Waals surface area contributed by atoms with Gasteiger partial charge in [-0.1, -0.05) is 23.7 Å². The summed E-state index contributed by atoms with van der Waals surface area (Å²) in [7, 11) is 1.76. The van der Waals surface area contributed by atoms with Crippen molar-refractivity contribution < 1.29 is 4.79 Å². The van der Waals surface area contributed by atoms with Crippen molar-refractivity contribution in [2.75, 3.05) is 18.9 Å². The van der Waals surface area contributed by atoms with E-state index < -0.39 is 0 Å². The van der Waals surface area contributed by atoms with Crippen molar-refractivity contribution in [3.63, 3.8) is 0 Å². The summed E-state index contributed by atoms with van der Waals surface area (Å²) < 4.78 is 0. The van der Waals surface area contributed by atoms with Gasteiger partial charge in [-0.2, -0.15) is 0 Å². The largest absolute Gasteiger partial charge is 0.357 e. The first-order chi connectivity index (χ1) is 10.2. The molecular weight excluding hydrogens is 288 g/mol. The predicted molar refractivity (Wildman–Crippen MR) is 81.5 cm³/mol. The van der Waals surface area contributed by atoms with Gasteiger partial charge in [-0.05, 0) is 24.1 Å². The number of carbonyl (C=O) groups is 1. The van der Waals surface area contributed by atoms with Crippen molar-refractivity contribution in [2.45, 2.75) is 13.0 Å². The summed E-state index contributed by atoms with van der Waals surface area (Å²) in [5, 5.41) is 3.61. The van der Waals surface area contributed by atoms with Gasteiger partial charge in [0, 0.05) is 24.8 Å². The van der Waals surface area contributed by atoms with Crippen LogP contribution in [-0.2, 0) is 13.0 Å². The summed E-state index contributed by atoms with van der Waals surface area (Å²) in [6.07, 6.45) is 2.39. The Morgan fingerprint density at radius 2 is 2.10 bits per heavy atom. The Morgan fingerprint density at radius 1 is 1.33 bits per heavy atom. The number of rotatable bonds is 4. The van der Waals surface area contributed by atoms with Crippen molar-refractivity contribution in [3.8, 4) is 0 Å². The molecule has 21 heavy (non-hydrogen) atoms. The Morgan fingerprint density at radius 3 is 2.81 bits per heavy atom. The van der Waals surface area contributed by atoms with Crippen LogP contribution in [0.4, 0.5) is 5.95 Å². The van der Waals surface area contributed by atoms with Gasteiger partial charge < -0.3 is 10.2 Å². The first-order valence-electron chi connectivity index (χ1n) is 6.75. The highest BCUT2D eigenvalue weighted by Gasteiger charge is 2.28. The zero-order chi connectivity index (χ0) is 14.8. The van der Waals surface area contributed by atoms with E-state index in [9.17, 15) is 4.79 Å². The van der Waals surface area contributed by atoms with Gasteiger partial charge in [-0.3, -0.25) is 4.79 Å². The summed E-state index contributed by atoms with van der Waals surface area (Å²) in [5.41, 5.74) is 2.55. The van der Waals surface area contributed by atoms with Crippen LogP contribution in [0.15, 0.2) is 30.5 Å². The second-order valence-electron chi connectivity index (χ2n) is 4.91. The molecule has 6 heteroatoms. The number of halogens is 1. The zero-order valence-electron chi connectivity index (χ0n) is 11.6. The third-order valence-corrected chi connectivity index (χ3v) is 3.79. The minimum atomic E-state index is 0.00150. The molecule has 0 saturated carbocycles. The molecule has 0 fully saturated rings. The summed E-state index contributed by atoms with van der Waals surface area (Å²) in [5.74, 6) is 0.544. The number of carbonyl (C=O) groups excluding carboxylic acids is 1. The molecule has 1 aromatic heterocycles. The topological polar surface area (TPSA) is 58.1 Å². The highest BCUT2D eigenvalue weighted by molar-refractivity contribution is 6.30. The molecule has 1 aliphatic heterocycles. The lowest BCUT2D eigenvalue weighted by Gasteiger charge is -2.14. The van der Waals surface area contributed by atoms with Crippen molar-refractivity contribution >= 4 is 23.5 Å². The summed E-state index contributed by atoms with van der Waals surface area (Å²) in [6.45, 7) is 1.20. The number of fused-ring (bicyclic) bond motifs is 1. The fraction of sp³-hybridized carbons (Fsp3) is 0.267. The highest BCUT2D eigenvalue weighted by Crippen LogP contribution is 2.21. The molecule has 1 aromatic carbocycles. The number of hydrogen-bond donors (Lipinski definition) is 1. The van der Waals surface area contributed by atoms with E-state index in [0.29, 0.717) is 24.6 Å². The normalized spacial score (nSPS) is 13.4. The zero-order valence-corrected chi connectivity index (χ0v) is 12.4. The Hall–Kier alpha value is -2.14. The van der Waals surface area contributed by atoms with Gasteiger partial charge in [0.25, 0.3) is 5.91 Å². The summed E-state index contributed by atoms with van der Waals surface area (Å²) in [6, 6.07) is 7.69. The van der Waals surface area contributed by atoms with Crippen molar-refractivity contribution in [1.29, 1.82) is 0 Å². The molecule has 3 rings (SSSR count). The number of nitrogens with zero attached hydrogens (tertiary/aromatic N) is 3. The van der Waals surface area contributed by atoms with Gasteiger partial charge in [0.05, 0.1) is 17.8 Å². The van der Waals surface area contributed by atoms with Crippen molar-refractivity contribution in [3.05, 3.63) is 52.3 Å². The van der Waals surface area contributed by atoms with E-state index in [2.05, 4.69) is 15.3 Å². The number of amides is 1. The molecule has 2 heterocycles. The lowest BCUT2D eigenvalue weighted by Crippen LogP contribution is -2.26. The van der Waals surface area contributed by atoms with E-state index in [1.165, 1.54) is 0 Å². The van der Waals surface area contributed by atoms with Crippen molar-refractivity contribution in [1.82, 2.24) is 14.9 Å². The molecule has 1 aliphatic rings. The third kappa shape index (κ3) is 2.83. The molecule has 1 N–H and O–H groups in total. The van der Waals surface area contributed by atoms with Crippen LogP contribution in [0.1, 0.15) is 21.6 Å². The minimum Gasteiger partial charge on any atom is -0.357 e. The molecular formula is C15H15ClN4O. The van der Waals surface area contributed by atoms with E-state index in [1.807, 2.05) is 24.3 Å². The Labute approximate surface area is 128 Å². The smallest absolute Gasteiger partial charge is 0.257 e. The molecule has 0 unspecified atom stereocenters. The summed E-state index contributed by atoms with van der Waals surface area (Å²) in [4.78, 5) is 22.5. The first kappa shape index (κ1) is 13.8. The number of anilines is 1. The van der Waals surface area contributed by atoms with Crippen molar-refractivity contribution in [2.24, 2.45) is 0 Å². The van der Waals surface area contributed by atoms with Crippen LogP contribution in [0.2, 0.25) is 5.02 Å². The lowest BCUT2D eigenvalue weighted by molar-refractivity contribution is 0.0780. The number of aromatic nitrogens is 2. The maximum absolute atomic E-state index is 12.3. The predicted octanol–water partition coefficient (Wildman–Crippen LogP) is 2.37. The van der Waals surface area contributed by atoms with Gasteiger partial charge in [-0.15, -0.1) is 0 Å². The monoisotopic (exact) mass is 302 g/mol.